The highest BCUT2D eigenvalue weighted by molar-refractivity contribution is 5.79. The second-order valence-corrected chi connectivity index (χ2v) is 10.1. The molecule has 2 saturated carbocycles. The molecule has 2 aliphatic carbocycles. The van der Waals surface area contributed by atoms with E-state index in [-0.39, 0.29) is 30.3 Å². The Morgan fingerprint density at radius 3 is 2.27 bits per heavy atom. The van der Waals surface area contributed by atoms with Gasteiger partial charge in [0.2, 0.25) is 11.8 Å². The van der Waals surface area contributed by atoms with Gasteiger partial charge in [-0.25, -0.2) is 8.78 Å². The SMILES string of the molecule is CN(C)CCN(Cc1ccc(F)c(F)c1)C(=O)C1CCC(NC(=O)CC2CCCCC2)CC1. The molecule has 0 bridgehead atoms. The quantitative estimate of drug-likeness (QED) is 0.587. The summed E-state index contributed by atoms with van der Waals surface area (Å²) in [5.74, 6) is -1.12. The summed E-state index contributed by atoms with van der Waals surface area (Å²) < 4.78 is 27.0. The first-order chi connectivity index (χ1) is 15.8. The van der Waals surface area contributed by atoms with E-state index in [0.29, 0.717) is 31.0 Å². The molecule has 1 aromatic carbocycles. The summed E-state index contributed by atoms with van der Waals surface area (Å²) in [5.41, 5.74) is 0.588. The molecule has 5 nitrogen and oxygen atoms in total. The molecule has 7 heteroatoms. The maximum Gasteiger partial charge on any atom is 0.226 e. The first kappa shape index (κ1) is 25.6. The number of hydrogen-bond acceptors (Lipinski definition) is 3. The zero-order chi connectivity index (χ0) is 23.8. The van der Waals surface area contributed by atoms with Crippen LogP contribution in [-0.4, -0.2) is 54.8 Å². The number of rotatable bonds is 9. The number of amides is 2. The Morgan fingerprint density at radius 2 is 1.64 bits per heavy atom. The molecule has 184 valence electrons. The Labute approximate surface area is 196 Å². The van der Waals surface area contributed by atoms with E-state index in [1.807, 2.05) is 19.0 Å². The summed E-state index contributed by atoms with van der Waals surface area (Å²) in [6.45, 7) is 1.49. The van der Waals surface area contributed by atoms with Gasteiger partial charge in [-0.2, -0.15) is 0 Å². The molecule has 0 heterocycles. The molecule has 33 heavy (non-hydrogen) atoms. The fourth-order valence-corrected chi connectivity index (χ4v) is 5.13. The monoisotopic (exact) mass is 463 g/mol. The van der Waals surface area contributed by atoms with E-state index in [1.165, 1.54) is 31.4 Å². The highest BCUT2D eigenvalue weighted by atomic mass is 19.2. The van der Waals surface area contributed by atoms with E-state index in [4.69, 9.17) is 0 Å². The smallest absolute Gasteiger partial charge is 0.226 e. The van der Waals surface area contributed by atoms with E-state index in [9.17, 15) is 18.4 Å². The van der Waals surface area contributed by atoms with Crippen LogP contribution >= 0.6 is 0 Å². The van der Waals surface area contributed by atoms with Crippen molar-refractivity contribution in [2.75, 3.05) is 27.2 Å². The minimum atomic E-state index is -0.892. The number of halogens is 2. The van der Waals surface area contributed by atoms with Gasteiger partial charge in [-0.05, 0) is 76.2 Å². The fourth-order valence-electron chi connectivity index (χ4n) is 5.13. The Hall–Kier alpha value is -2.02. The Kier molecular flexibility index (Phi) is 9.65. The zero-order valence-corrected chi connectivity index (χ0v) is 20.1. The zero-order valence-electron chi connectivity index (χ0n) is 20.1. The molecular formula is C26H39F2N3O2. The lowest BCUT2D eigenvalue weighted by atomic mass is 9.84. The molecule has 1 N–H and O–H groups in total. The average molecular weight is 464 g/mol. The van der Waals surface area contributed by atoms with Gasteiger partial charge in [-0.15, -0.1) is 0 Å². The van der Waals surface area contributed by atoms with E-state index in [0.717, 1.165) is 44.6 Å². The second kappa shape index (κ2) is 12.4. The maximum absolute atomic E-state index is 13.7. The normalized spacial score (nSPS) is 21.7. The van der Waals surface area contributed by atoms with Gasteiger partial charge in [0, 0.05) is 38.0 Å². The third-order valence-electron chi connectivity index (χ3n) is 7.13. The van der Waals surface area contributed by atoms with Crippen molar-refractivity contribution in [1.29, 1.82) is 0 Å². The summed E-state index contributed by atoms with van der Waals surface area (Å²) in [6, 6.07) is 3.96. The predicted molar refractivity (Wildman–Crippen MR) is 125 cm³/mol. The van der Waals surface area contributed by atoms with Gasteiger partial charge in [-0.3, -0.25) is 9.59 Å². The molecule has 0 aromatic heterocycles. The van der Waals surface area contributed by atoms with Crippen LogP contribution in [0.5, 0.6) is 0 Å². The van der Waals surface area contributed by atoms with Crippen LogP contribution in [0.15, 0.2) is 18.2 Å². The number of carbonyl (C=O) groups excluding carboxylic acids is 2. The molecule has 2 amide bonds. The Balaban J connectivity index is 1.51. The molecule has 1 aromatic rings. The van der Waals surface area contributed by atoms with Crippen molar-refractivity contribution < 1.29 is 18.4 Å². The van der Waals surface area contributed by atoms with Crippen LogP contribution < -0.4 is 5.32 Å². The lowest BCUT2D eigenvalue weighted by Crippen LogP contribution is -2.44. The van der Waals surface area contributed by atoms with Crippen LogP contribution in [0.25, 0.3) is 0 Å². The number of nitrogens with one attached hydrogen (secondary N) is 1. The minimum Gasteiger partial charge on any atom is -0.353 e. The van der Waals surface area contributed by atoms with Gasteiger partial charge < -0.3 is 15.1 Å². The van der Waals surface area contributed by atoms with Crippen LogP contribution in [0.4, 0.5) is 8.78 Å². The van der Waals surface area contributed by atoms with Crippen molar-refractivity contribution in [3.8, 4) is 0 Å². The molecule has 3 rings (SSSR count). The van der Waals surface area contributed by atoms with Gasteiger partial charge in [0.15, 0.2) is 11.6 Å². The largest absolute Gasteiger partial charge is 0.353 e. The first-order valence-electron chi connectivity index (χ1n) is 12.5. The molecule has 0 saturated heterocycles. The van der Waals surface area contributed by atoms with Gasteiger partial charge >= 0.3 is 0 Å². The van der Waals surface area contributed by atoms with Crippen LogP contribution in [0.1, 0.15) is 69.8 Å². The van der Waals surface area contributed by atoms with Crippen molar-refractivity contribution in [3.05, 3.63) is 35.4 Å². The summed E-state index contributed by atoms with van der Waals surface area (Å²) >= 11 is 0. The van der Waals surface area contributed by atoms with Gasteiger partial charge in [-0.1, -0.05) is 25.3 Å². The van der Waals surface area contributed by atoms with Crippen LogP contribution in [-0.2, 0) is 16.1 Å². The third-order valence-corrected chi connectivity index (χ3v) is 7.13. The van der Waals surface area contributed by atoms with E-state index in [2.05, 4.69) is 5.32 Å². The number of hydrogen-bond donors (Lipinski definition) is 1. The van der Waals surface area contributed by atoms with Crippen molar-refractivity contribution in [2.45, 2.75) is 76.8 Å². The standard InChI is InChI=1S/C26H39F2N3O2/c1-30(2)14-15-31(18-20-8-13-23(27)24(28)16-20)26(33)21-9-11-22(12-10-21)29-25(32)17-19-6-4-3-5-7-19/h8,13,16,19,21-22H,3-7,9-12,14-15,17-18H2,1-2H3,(H,29,32). The summed E-state index contributed by atoms with van der Waals surface area (Å²) in [5, 5.41) is 3.20. The predicted octanol–water partition coefficient (Wildman–Crippen LogP) is 4.50. The fraction of sp³-hybridized carbons (Fsp3) is 0.692. The molecule has 2 fully saturated rings. The van der Waals surface area contributed by atoms with Crippen molar-refractivity contribution >= 4 is 11.8 Å². The van der Waals surface area contributed by atoms with Crippen LogP contribution in [0, 0.1) is 23.5 Å². The minimum absolute atomic E-state index is 0.0635. The summed E-state index contributed by atoms with van der Waals surface area (Å²) in [4.78, 5) is 29.5. The molecule has 0 aliphatic heterocycles. The number of carbonyl (C=O) groups is 2. The summed E-state index contributed by atoms with van der Waals surface area (Å²) in [6.07, 6.45) is 9.81. The van der Waals surface area contributed by atoms with Gasteiger partial charge in [0.1, 0.15) is 0 Å². The second-order valence-electron chi connectivity index (χ2n) is 10.1. The Morgan fingerprint density at radius 1 is 0.939 bits per heavy atom. The van der Waals surface area contributed by atoms with Crippen molar-refractivity contribution in [1.82, 2.24) is 15.1 Å². The van der Waals surface area contributed by atoms with E-state index >= 15 is 0 Å². The molecule has 0 spiro atoms. The highest BCUT2D eigenvalue weighted by Gasteiger charge is 2.30. The van der Waals surface area contributed by atoms with Gasteiger partial charge in [0.05, 0.1) is 0 Å². The molecule has 0 atom stereocenters. The first-order valence-corrected chi connectivity index (χ1v) is 12.5. The number of nitrogens with zero attached hydrogens (tertiary/aromatic N) is 2. The Bertz CT molecular complexity index is 788. The van der Waals surface area contributed by atoms with Crippen molar-refractivity contribution in [2.24, 2.45) is 11.8 Å². The van der Waals surface area contributed by atoms with Crippen molar-refractivity contribution in [3.63, 3.8) is 0 Å². The van der Waals surface area contributed by atoms with Crippen LogP contribution in [0.3, 0.4) is 0 Å². The van der Waals surface area contributed by atoms with Gasteiger partial charge in [0.25, 0.3) is 0 Å². The summed E-state index contributed by atoms with van der Waals surface area (Å²) in [7, 11) is 3.89. The molecule has 0 unspecified atom stereocenters. The maximum atomic E-state index is 13.7. The number of likely N-dealkylation sites (N-methyl/N-ethyl adjacent to an activating group) is 1. The topological polar surface area (TPSA) is 52.6 Å². The molecule has 0 radical (unpaired) electrons. The average Bonchev–Trinajstić information content (AvgIpc) is 2.79. The van der Waals surface area contributed by atoms with E-state index < -0.39 is 11.6 Å². The lowest BCUT2D eigenvalue weighted by Gasteiger charge is -2.33. The lowest BCUT2D eigenvalue weighted by molar-refractivity contribution is -0.137. The third kappa shape index (κ3) is 8.05. The highest BCUT2D eigenvalue weighted by Crippen LogP contribution is 2.29. The van der Waals surface area contributed by atoms with Crippen LogP contribution in [0.2, 0.25) is 0 Å². The van der Waals surface area contributed by atoms with E-state index in [1.54, 1.807) is 4.90 Å². The molecule has 2 aliphatic rings. The molecular weight excluding hydrogens is 424 g/mol. The number of benzene rings is 1.